The van der Waals surface area contributed by atoms with Crippen LogP contribution in [0.5, 0.6) is 0 Å². The van der Waals surface area contributed by atoms with E-state index in [9.17, 15) is 14.3 Å². The highest BCUT2D eigenvalue weighted by atomic mass is 19.1. The van der Waals surface area contributed by atoms with E-state index in [1.165, 1.54) is 6.07 Å². The molecule has 7 rings (SSSR count). The molecule has 2 aliphatic carbocycles. The minimum absolute atomic E-state index is 0.202. The zero-order valence-electron chi connectivity index (χ0n) is 20.0. The average Bonchev–Trinajstić information content (AvgIpc) is 3.18. The molecule has 0 radical (unpaired) electrons. The van der Waals surface area contributed by atoms with Gasteiger partial charge in [0.05, 0.1) is 29.0 Å². The van der Waals surface area contributed by atoms with Crippen molar-refractivity contribution in [2.24, 2.45) is 24.8 Å². The minimum atomic E-state index is -0.687. The van der Waals surface area contributed by atoms with Gasteiger partial charge in [0.2, 0.25) is 0 Å². The predicted octanol–water partition coefficient (Wildman–Crippen LogP) is 3.75. The van der Waals surface area contributed by atoms with E-state index in [4.69, 9.17) is 10.1 Å². The lowest BCUT2D eigenvalue weighted by atomic mass is 9.93. The van der Waals surface area contributed by atoms with Crippen LogP contribution in [0.1, 0.15) is 28.9 Å². The van der Waals surface area contributed by atoms with Crippen molar-refractivity contribution < 1.29 is 14.3 Å². The highest BCUT2D eigenvalue weighted by Crippen LogP contribution is 2.52. The summed E-state index contributed by atoms with van der Waals surface area (Å²) in [4.78, 5) is 18.1. The van der Waals surface area contributed by atoms with Crippen molar-refractivity contribution in [2.75, 3.05) is 18.0 Å². The Bertz CT molecular complexity index is 1570. The molecule has 0 bridgehead atoms. The predicted molar refractivity (Wildman–Crippen MR) is 132 cm³/mol. The fraction of sp³-hybridized carbons (Fsp3) is 0.333. The summed E-state index contributed by atoms with van der Waals surface area (Å²) in [6.07, 6.45) is 7.70. The van der Waals surface area contributed by atoms with E-state index in [1.807, 2.05) is 41.7 Å². The highest BCUT2D eigenvalue weighted by molar-refractivity contribution is 5.97. The maximum absolute atomic E-state index is 14.6. The van der Waals surface area contributed by atoms with Crippen LogP contribution in [0.4, 0.5) is 10.2 Å². The molecule has 182 valence electrons. The van der Waals surface area contributed by atoms with Gasteiger partial charge in [-0.1, -0.05) is 6.08 Å². The number of benzene rings is 1. The van der Waals surface area contributed by atoms with E-state index in [2.05, 4.69) is 16.1 Å². The summed E-state index contributed by atoms with van der Waals surface area (Å²) in [5.41, 5.74) is 6.24. The molecule has 1 aliphatic heterocycles. The number of rotatable bonds is 4. The zero-order chi connectivity index (χ0) is 24.7. The monoisotopic (exact) mass is 484 g/mol. The molecule has 1 N–H and O–H groups in total. The SMILES string of the molecule is Cc1cc(F)cc2c(C3=CCCc4nn(C)cc43)nn(-c3ccc(N4CC5C(C4)C5C(=O)O)nc3)c12. The Balaban J connectivity index is 1.28. The summed E-state index contributed by atoms with van der Waals surface area (Å²) in [5.74, 6) is 0.106. The third kappa shape index (κ3) is 3.11. The maximum atomic E-state index is 14.6. The first-order valence-corrected chi connectivity index (χ1v) is 12.3. The van der Waals surface area contributed by atoms with Gasteiger partial charge in [-0.2, -0.15) is 10.2 Å². The Morgan fingerprint density at radius 3 is 2.69 bits per heavy atom. The molecule has 8 nitrogen and oxygen atoms in total. The first-order chi connectivity index (χ1) is 17.4. The summed E-state index contributed by atoms with van der Waals surface area (Å²) < 4.78 is 18.2. The molecule has 0 spiro atoms. The lowest BCUT2D eigenvalue weighted by Gasteiger charge is -2.20. The first-order valence-electron chi connectivity index (χ1n) is 12.3. The zero-order valence-corrected chi connectivity index (χ0v) is 20.0. The molecule has 2 atom stereocenters. The molecule has 36 heavy (non-hydrogen) atoms. The van der Waals surface area contributed by atoms with Gasteiger partial charge in [0, 0.05) is 42.9 Å². The largest absolute Gasteiger partial charge is 0.481 e. The average molecular weight is 485 g/mol. The number of fused-ring (bicyclic) bond motifs is 3. The second kappa shape index (κ2) is 7.49. The van der Waals surface area contributed by atoms with Crippen molar-refractivity contribution in [3.63, 3.8) is 0 Å². The van der Waals surface area contributed by atoms with Gasteiger partial charge in [-0.15, -0.1) is 0 Å². The molecule has 1 saturated carbocycles. The number of piperidine rings is 1. The molecule has 1 aromatic carbocycles. The van der Waals surface area contributed by atoms with Gasteiger partial charge in [-0.05, 0) is 61.4 Å². The van der Waals surface area contributed by atoms with Crippen molar-refractivity contribution in [2.45, 2.75) is 19.8 Å². The lowest BCUT2D eigenvalue weighted by Crippen LogP contribution is -2.26. The van der Waals surface area contributed by atoms with Gasteiger partial charge < -0.3 is 10.0 Å². The van der Waals surface area contributed by atoms with Crippen molar-refractivity contribution in [1.82, 2.24) is 24.5 Å². The van der Waals surface area contributed by atoms with Crippen LogP contribution >= 0.6 is 0 Å². The lowest BCUT2D eigenvalue weighted by molar-refractivity contribution is -0.139. The first kappa shape index (κ1) is 21.3. The normalized spacial score (nSPS) is 22.5. The number of halogens is 1. The number of allylic oxidation sites excluding steroid dienone is 1. The summed E-state index contributed by atoms with van der Waals surface area (Å²) in [7, 11) is 1.91. The summed E-state index contributed by atoms with van der Waals surface area (Å²) in [6.45, 7) is 3.35. The Labute approximate surface area is 206 Å². The van der Waals surface area contributed by atoms with Gasteiger partial charge in [0.25, 0.3) is 0 Å². The quantitative estimate of drug-likeness (QED) is 0.475. The van der Waals surface area contributed by atoms with E-state index in [1.54, 1.807) is 12.3 Å². The van der Waals surface area contributed by atoms with Gasteiger partial charge in [-0.25, -0.2) is 14.1 Å². The number of hydrogen-bond acceptors (Lipinski definition) is 5. The number of aliphatic carboxylic acids is 1. The standard InChI is InChI=1S/C27H25FN6O2/c1-14-8-15(28)9-18-25(17-4-3-5-22-19(17)11-32(2)30-22)31-34(26(14)18)16-6-7-23(29-10-16)33-12-20-21(13-33)24(20)27(35)36/h4,6-11,20-21,24H,3,5,12-13H2,1-2H3,(H,35,36). The maximum Gasteiger partial charge on any atom is 0.307 e. The molecular formula is C27H25FN6O2. The van der Waals surface area contributed by atoms with Crippen molar-refractivity contribution in [1.29, 1.82) is 0 Å². The van der Waals surface area contributed by atoms with Crippen molar-refractivity contribution >= 4 is 28.3 Å². The molecule has 4 aromatic rings. The van der Waals surface area contributed by atoms with Crippen LogP contribution < -0.4 is 4.90 Å². The molecule has 3 aromatic heterocycles. The van der Waals surface area contributed by atoms with Crippen molar-refractivity contribution in [3.05, 3.63) is 71.1 Å². The third-order valence-electron chi connectivity index (χ3n) is 7.89. The summed E-state index contributed by atoms with van der Waals surface area (Å²) in [6, 6.07) is 7.03. The van der Waals surface area contributed by atoms with Crippen LogP contribution in [0.2, 0.25) is 0 Å². The van der Waals surface area contributed by atoms with Gasteiger partial charge in [0.1, 0.15) is 17.3 Å². The highest BCUT2D eigenvalue weighted by Gasteiger charge is 2.60. The summed E-state index contributed by atoms with van der Waals surface area (Å²) in [5, 5.41) is 19.6. The number of anilines is 1. The second-order valence-electron chi connectivity index (χ2n) is 10.2. The molecule has 3 aliphatic rings. The van der Waals surface area contributed by atoms with E-state index in [-0.39, 0.29) is 23.6 Å². The number of carboxylic acid groups (broad SMARTS) is 1. The second-order valence-corrected chi connectivity index (χ2v) is 10.2. The third-order valence-corrected chi connectivity index (χ3v) is 7.89. The topological polar surface area (TPSA) is 89.1 Å². The smallest absolute Gasteiger partial charge is 0.307 e. The molecule has 0 amide bonds. The van der Waals surface area contributed by atoms with Gasteiger partial charge in [-0.3, -0.25) is 9.48 Å². The van der Waals surface area contributed by atoms with Crippen LogP contribution in [-0.2, 0) is 18.3 Å². The fourth-order valence-corrected chi connectivity index (χ4v) is 6.19. The molecule has 9 heteroatoms. The minimum Gasteiger partial charge on any atom is -0.481 e. The molecule has 1 saturated heterocycles. The summed E-state index contributed by atoms with van der Waals surface area (Å²) >= 11 is 0. The number of carboxylic acids is 1. The Morgan fingerprint density at radius 1 is 1.17 bits per heavy atom. The number of hydrogen-bond donors (Lipinski definition) is 1. The van der Waals surface area contributed by atoms with E-state index in [0.717, 1.165) is 76.4 Å². The number of pyridine rings is 1. The molecule has 2 unspecified atom stereocenters. The van der Waals surface area contributed by atoms with Crippen LogP contribution in [0.25, 0.3) is 22.2 Å². The Morgan fingerprint density at radius 2 is 1.97 bits per heavy atom. The van der Waals surface area contributed by atoms with E-state index in [0.29, 0.717) is 0 Å². The van der Waals surface area contributed by atoms with Crippen LogP contribution in [0.3, 0.4) is 0 Å². The fourth-order valence-electron chi connectivity index (χ4n) is 6.19. The Kier molecular flexibility index (Phi) is 4.43. The van der Waals surface area contributed by atoms with Gasteiger partial charge >= 0.3 is 5.97 Å². The Hall–Kier alpha value is -4.01. The van der Waals surface area contributed by atoms with E-state index >= 15 is 0 Å². The molecular weight excluding hydrogens is 459 g/mol. The van der Waals surface area contributed by atoms with E-state index < -0.39 is 5.97 Å². The van der Waals surface area contributed by atoms with Crippen LogP contribution in [0, 0.1) is 30.5 Å². The number of carbonyl (C=O) groups is 1. The van der Waals surface area contributed by atoms with Crippen LogP contribution in [-0.4, -0.2) is 48.7 Å². The van der Waals surface area contributed by atoms with Gasteiger partial charge in [0.15, 0.2) is 0 Å². The number of nitrogens with zero attached hydrogens (tertiary/aromatic N) is 6. The molecule has 4 heterocycles. The molecule has 2 fully saturated rings. The van der Waals surface area contributed by atoms with Crippen LogP contribution in [0.15, 0.2) is 42.7 Å². The number of aromatic nitrogens is 5. The van der Waals surface area contributed by atoms with Crippen molar-refractivity contribution in [3.8, 4) is 5.69 Å². The number of aryl methyl sites for hydroxylation is 3.